The second kappa shape index (κ2) is 5.19. The van der Waals surface area contributed by atoms with Crippen molar-refractivity contribution in [1.82, 2.24) is 15.1 Å². The highest BCUT2D eigenvalue weighted by atomic mass is 35.5. The van der Waals surface area contributed by atoms with Gasteiger partial charge in [-0.05, 0) is 25.8 Å². The average molecular weight is 242 g/mol. The molecule has 2 atom stereocenters. The van der Waals surface area contributed by atoms with Crippen molar-refractivity contribution in [2.45, 2.75) is 44.6 Å². The van der Waals surface area contributed by atoms with Gasteiger partial charge in [0.05, 0.1) is 16.9 Å². The van der Waals surface area contributed by atoms with Crippen LogP contribution in [0, 0.1) is 0 Å². The molecular formula is C12H20ClN3. The molecule has 0 spiro atoms. The fourth-order valence-electron chi connectivity index (χ4n) is 2.79. The maximum atomic E-state index is 6.20. The largest absolute Gasteiger partial charge is 0.314 e. The van der Waals surface area contributed by atoms with Crippen LogP contribution in [-0.2, 0) is 7.05 Å². The Labute approximate surface area is 102 Å². The lowest BCUT2D eigenvalue weighted by Gasteiger charge is -2.29. The van der Waals surface area contributed by atoms with Crippen molar-refractivity contribution in [3.63, 3.8) is 0 Å². The summed E-state index contributed by atoms with van der Waals surface area (Å²) in [4.78, 5) is 0. The molecule has 0 bridgehead atoms. The molecule has 2 unspecified atom stereocenters. The molecule has 2 rings (SSSR count). The predicted octanol–water partition coefficient (Wildman–Crippen LogP) is 2.71. The molecule has 1 fully saturated rings. The molecule has 1 aromatic heterocycles. The second-order valence-corrected chi connectivity index (χ2v) is 5.03. The molecule has 0 aliphatic heterocycles. The van der Waals surface area contributed by atoms with E-state index in [1.54, 1.807) is 6.20 Å². The van der Waals surface area contributed by atoms with Crippen LogP contribution in [0.1, 0.15) is 44.2 Å². The predicted molar refractivity (Wildman–Crippen MR) is 66.9 cm³/mol. The van der Waals surface area contributed by atoms with Gasteiger partial charge in [-0.2, -0.15) is 5.10 Å². The summed E-state index contributed by atoms with van der Waals surface area (Å²) in [6.45, 7) is 3.22. The first-order valence-corrected chi connectivity index (χ1v) is 6.51. The number of halogens is 1. The zero-order valence-electron chi connectivity index (χ0n) is 10.0. The number of aromatic nitrogens is 2. The molecule has 3 nitrogen and oxygen atoms in total. The number of hydrogen-bond donors (Lipinski definition) is 1. The van der Waals surface area contributed by atoms with E-state index < -0.39 is 0 Å². The zero-order valence-corrected chi connectivity index (χ0v) is 10.8. The summed E-state index contributed by atoms with van der Waals surface area (Å²) in [7, 11) is 1.98. The number of nitrogens with zero attached hydrogens (tertiary/aromatic N) is 2. The number of aryl methyl sites for hydroxylation is 1. The van der Waals surface area contributed by atoms with E-state index in [1.165, 1.54) is 31.4 Å². The molecule has 0 aromatic carbocycles. The van der Waals surface area contributed by atoms with Gasteiger partial charge in [0.1, 0.15) is 0 Å². The van der Waals surface area contributed by atoms with E-state index in [0.717, 1.165) is 11.6 Å². The Morgan fingerprint density at radius 1 is 1.56 bits per heavy atom. The van der Waals surface area contributed by atoms with Crippen LogP contribution >= 0.6 is 11.6 Å². The third-order valence-corrected chi connectivity index (χ3v) is 3.78. The standard InChI is InChI=1S/C12H20ClN3/c1-3-14-10-6-4-5-9(7-10)12-11(13)8-15-16(12)2/h8-10,14H,3-7H2,1-2H3. The SMILES string of the molecule is CCNC1CCCC(c2c(Cl)cnn2C)C1. The van der Waals surface area contributed by atoms with Crippen LogP contribution in [0.5, 0.6) is 0 Å². The molecule has 1 aliphatic carbocycles. The van der Waals surface area contributed by atoms with E-state index >= 15 is 0 Å². The van der Waals surface area contributed by atoms with Gasteiger partial charge in [-0.1, -0.05) is 24.9 Å². The summed E-state index contributed by atoms with van der Waals surface area (Å²) in [5, 5.41) is 8.59. The minimum atomic E-state index is 0.567. The van der Waals surface area contributed by atoms with Crippen LogP contribution in [0.25, 0.3) is 0 Å². The van der Waals surface area contributed by atoms with E-state index in [1.807, 2.05) is 11.7 Å². The Bertz CT molecular complexity index is 327. The van der Waals surface area contributed by atoms with Gasteiger partial charge in [0.15, 0.2) is 0 Å². The Kier molecular flexibility index (Phi) is 3.87. The Balaban J connectivity index is 2.09. The van der Waals surface area contributed by atoms with Crippen molar-refractivity contribution >= 4 is 11.6 Å². The highest BCUT2D eigenvalue weighted by Gasteiger charge is 2.26. The summed E-state index contributed by atoms with van der Waals surface area (Å²) in [6.07, 6.45) is 6.76. The maximum absolute atomic E-state index is 6.20. The molecule has 1 aromatic rings. The molecular weight excluding hydrogens is 222 g/mol. The lowest BCUT2D eigenvalue weighted by molar-refractivity contribution is 0.335. The molecule has 1 heterocycles. The Morgan fingerprint density at radius 2 is 2.38 bits per heavy atom. The van der Waals surface area contributed by atoms with Crippen LogP contribution in [-0.4, -0.2) is 22.4 Å². The van der Waals surface area contributed by atoms with Gasteiger partial charge >= 0.3 is 0 Å². The monoisotopic (exact) mass is 241 g/mol. The zero-order chi connectivity index (χ0) is 11.5. The molecule has 90 valence electrons. The van der Waals surface area contributed by atoms with Crippen LogP contribution in [0.15, 0.2) is 6.20 Å². The third kappa shape index (κ3) is 2.41. The fourth-order valence-corrected chi connectivity index (χ4v) is 3.11. The second-order valence-electron chi connectivity index (χ2n) is 4.62. The normalized spacial score (nSPS) is 25.9. The molecule has 1 N–H and O–H groups in total. The molecule has 4 heteroatoms. The molecule has 0 saturated heterocycles. The topological polar surface area (TPSA) is 29.9 Å². The summed E-state index contributed by atoms with van der Waals surface area (Å²) >= 11 is 6.20. The van der Waals surface area contributed by atoms with Gasteiger partial charge in [0, 0.05) is 19.0 Å². The smallest absolute Gasteiger partial charge is 0.0820 e. The van der Waals surface area contributed by atoms with Gasteiger partial charge in [-0.25, -0.2) is 0 Å². The van der Waals surface area contributed by atoms with Gasteiger partial charge in [0.25, 0.3) is 0 Å². The van der Waals surface area contributed by atoms with E-state index in [9.17, 15) is 0 Å². The number of hydrogen-bond acceptors (Lipinski definition) is 2. The molecule has 1 aliphatic rings. The van der Waals surface area contributed by atoms with Crippen LogP contribution in [0.3, 0.4) is 0 Å². The highest BCUT2D eigenvalue weighted by Crippen LogP contribution is 2.35. The molecule has 16 heavy (non-hydrogen) atoms. The van der Waals surface area contributed by atoms with E-state index in [2.05, 4.69) is 17.3 Å². The molecule has 0 amide bonds. The minimum Gasteiger partial charge on any atom is -0.314 e. The quantitative estimate of drug-likeness (QED) is 0.882. The molecule has 1 saturated carbocycles. The summed E-state index contributed by atoms with van der Waals surface area (Å²) < 4.78 is 1.93. The first kappa shape index (κ1) is 11.9. The van der Waals surface area contributed by atoms with Crippen LogP contribution < -0.4 is 5.32 Å². The van der Waals surface area contributed by atoms with Crippen molar-refractivity contribution in [2.24, 2.45) is 7.05 Å². The lowest BCUT2D eigenvalue weighted by Crippen LogP contribution is -2.33. The van der Waals surface area contributed by atoms with Gasteiger partial charge in [-0.15, -0.1) is 0 Å². The minimum absolute atomic E-state index is 0.567. The van der Waals surface area contributed by atoms with Crippen molar-refractivity contribution in [2.75, 3.05) is 6.54 Å². The fraction of sp³-hybridized carbons (Fsp3) is 0.750. The Hall–Kier alpha value is -0.540. The van der Waals surface area contributed by atoms with Crippen molar-refractivity contribution < 1.29 is 0 Å². The highest BCUT2D eigenvalue weighted by molar-refractivity contribution is 6.31. The summed E-state index contributed by atoms with van der Waals surface area (Å²) in [6, 6.07) is 0.648. The Morgan fingerprint density at radius 3 is 3.00 bits per heavy atom. The van der Waals surface area contributed by atoms with Crippen molar-refractivity contribution in [3.05, 3.63) is 16.9 Å². The van der Waals surface area contributed by atoms with Crippen LogP contribution in [0.4, 0.5) is 0 Å². The van der Waals surface area contributed by atoms with Crippen molar-refractivity contribution in [3.8, 4) is 0 Å². The maximum Gasteiger partial charge on any atom is 0.0820 e. The molecule has 0 radical (unpaired) electrons. The third-order valence-electron chi connectivity index (χ3n) is 3.49. The number of nitrogens with one attached hydrogen (secondary N) is 1. The first-order chi connectivity index (χ1) is 7.72. The van der Waals surface area contributed by atoms with Gasteiger partial charge < -0.3 is 5.32 Å². The average Bonchev–Trinajstić information content (AvgIpc) is 2.59. The first-order valence-electron chi connectivity index (χ1n) is 6.13. The summed E-state index contributed by atoms with van der Waals surface area (Å²) in [5.74, 6) is 0.567. The lowest BCUT2D eigenvalue weighted by atomic mass is 9.83. The van der Waals surface area contributed by atoms with Crippen LogP contribution in [0.2, 0.25) is 5.02 Å². The van der Waals surface area contributed by atoms with Crippen molar-refractivity contribution in [1.29, 1.82) is 0 Å². The summed E-state index contributed by atoms with van der Waals surface area (Å²) in [5.41, 5.74) is 1.21. The van der Waals surface area contributed by atoms with E-state index in [0.29, 0.717) is 12.0 Å². The number of rotatable bonds is 3. The van der Waals surface area contributed by atoms with Gasteiger partial charge in [-0.3, -0.25) is 4.68 Å². The van der Waals surface area contributed by atoms with Gasteiger partial charge in [0.2, 0.25) is 0 Å². The van der Waals surface area contributed by atoms with E-state index in [-0.39, 0.29) is 0 Å². The van der Waals surface area contributed by atoms with E-state index in [4.69, 9.17) is 11.6 Å².